The molecule has 20 rings (SSSR count). The van der Waals surface area contributed by atoms with Crippen molar-refractivity contribution in [2.75, 3.05) is 42.9 Å². The van der Waals surface area contributed by atoms with Crippen molar-refractivity contribution in [3.8, 4) is 124 Å². The van der Waals surface area contributed by atoms with Crippen LogP contribution in [0, 0.1) is 30.1 Å². The van der Waals surface area contributed by atoms with E-state index in [1.807, 2.05) is 158 Å². The van der Waals surface area contributed by atoms with Gasteiger partial charge >= 0.3 is 0 Å². The molecule has 0 saturated carbocycles. The summed E-state index contributed by atoms with van der Waals surface area (Å²) in [5.74, 6) is 0.0657. The summed E-state index contributed by atoms with van der Waals surface area (Å²) in [6.07, 6.45) is 7.65. The summed E-state index contributed by atoms with van der Waals surface area (Å²) in [5.41, 5.74) is 44.7. The van der Waals surface area contributed by atoms with Crippen LogP contribution in [0.1, 0.15) is 9.68 Å². The zero-order valence-corrected chi connectivity index (χ0v) is 65.4. The number of hydrogen-bond donors (Lipinski definition) is 5. The Morgan fingerprint density at radius 1 is 0.266 bits per heavy atom. The van der Waals surface area contributed by atoms with Gasteiger partial charge in [0.05, 0.1) is 37.0 Å². The van der Waals surface area contributed by atoms with Crippen LogP contribution in [0.3, 0.4) is 0 Å². The molecule has 20 aromatic rings. The number of aryl methyl sites for hydroxylation is 1. The second kappa shape index (κ2) is 36.2. The minimum absolute atomic E-state index is 0.0197. The molecule has 0 bridgehead atoms. The Labute approximate surface area is 707 Å². The molecule has 0 spiro atoms. The minimum atomic E-state index is -2.29. The first-order chi connectivity index (χ1) is 61.7. The summed E-state index contributed by atoms with van der Waals surface area (Å²) in [4.78, 5) is 42.6. The highest BCUT2D eigenvalue weighted by atomic mass is 19.1. The van der Waals surface area contributed by atoms with Gasteiger partial charge in [-0.1, -0.05) is 133 Å². The molecule has 0 aliphatic rings. The van der Waals surface area contributed by atoms with Crippen LogP contribution in [-0.4, -0.2) is 115 Å². The summed E-state index contributed by atoms with van der Waals surface area (Å²) >= 11 is 0. The fourth-order valence-corrected chi connectivity index (χ4v) is 13.4. The maximum Gasteiger partial charge on any atom is 0.240 e. The lowest BCUT2D eigenvalue weighted by molar-refractivity contribution is 0.419. The van der Waals surface area contributed by atoms with E-state index in [-0.39, 0.29) is 52.5 Å². The van der Waals surface area contributed by atoms with Gasteiger partial charge in [-0.2, -0.15) is 0 Å². The van der Waals surface area contributed by atoms with Crippen molar-refractivity contribution in [2.45, 2.75) is 6.85 Å². The molecule has 10 aromatic carbocycles. The van der Waals surface area contributed by atoms with Gasteiger partial charge in [-0.25, -0.2) is 42.5 Å². The van der Waals surface area contributed by atoms with E-state index in [0.29, 0.717) is 112 Å². The van der Waals surface area contributed by atoms with Crippen LogP contribution in [0.2, 0.25) is 0 Å². The molecule has 10 N–H and O–H groups in total. The van der Waals surface area contributed by atoms with Crippen LogP contribution in [0.4, 0.5) is 47.3 Å². The first-order valence-corrected chi connectivity index (χ1v) is 37.7. The Balaban J connectivity index is 0.000000117. The Morgan fingerprint density at radius 2 is 0.669 bits per heavy atom. The van der Waals surface area contributed by atoms with Gasteiger partial charge < -0.3 is 38.1 Å². The second-order valence-electron chi connectivity index (χ2n) is 27.1. The van der Waals surface area contributed by atoms with Crippen LogP contribution in [0.25, 0.3) is 167 Å². The predicted octanol–water partition coefficient (Wildman–Crippen LogP) is 17.6. The predicted molar refractivity (Wildman–Crippen MR) is 470 cm³/mol. The van der Waals surface area contributed by atoms with Crippen LogP contribution in [0.15, 0.2) is 292 Å². The maximum absolute atomic E-state index is 14.4. The third kappa shape index (κ3) is 18.0. The van der Waals surface area contributed by atoms with Crippen LogP contribution < -0.4 is 38.1 Å². The number of hydrogen-bond acceptors (Lipinski definition) is 27. The zero-order valence-electron chi connectivity index (χ0n) is 68.4. The van der Waals surface area contributed by atoms with Crippen molar-refractivity contribution in [1.82, 2.24) is 101 Å². The van der Waals surface area contributed by atoms with Gasteiger partial charge in [-0.15, -0.1) is 51.0 Å². The highest BCUT2D eigenvalue weighted by Gasteiger charge is 2.22. The van der Waals surface area contributed by atoms with Gasteiger partial charge in [0.1, 0.15) is 103 Å². The van der Waals surface area contributed by atoms with Crippen LogP contribution >= 0.6 is 0 Å². The van der Waals surface area contributed by atoms with Gasteiger partial charge in [0.15, 0.2) is 0 Å². The quantitative estimate of drug-likeness (QED) is 0.0709. The number of nitrogens with two attached hydrogens (primary N) is 5. The van der Waals surface area contributed by atoms with E-state index in [0.717, 1.165) is 60.9 Å². The van der Waals surface area contributed by atoms with E-state index in [2.05, 4.69) is 101 Å². The standard InChI is InChI=1S/C19H14FN5.2C19H15N5O.C18H11F2N5.C18H12FN5/c1-11-8-9-22-16-7-4-13(10-15(11)16)18-17(23-19(21)25-24-18)12-2-5-14(20)6-3-12;1-25-15-11-14(10-13-8-5-9-21-16(13)15)18-17(22-19(20)24-23-18)12-6-3-2-4-7-12;1-25-16-9-10-21-15-8-7-13(11-14(15)16)18-17(22-19(20)24-23-18)12-5-3-2-4-6-12;19-13-5-1-3-11(8-13)16-17(24-25-18(21)23-16)12-7-10-4-2-6-22-15(10)14(20)9-12;19-14-9-13-8-12(6-7-15(13)21-10-14)17-16(22-18(20)24-23-17)11-4-2-1-3-5-11/h2-10H,1H3,(H2,21,23,25);2*2-11H,1H3,(H2,20,22,24);1-9H,(H2,21,23,25);1-10H,(H2,20,22,24)/i1D3;;;;. The summed E-state index contributed by atoms with van der Waals surface area (Å²) in [7, 11) is 3.26. The summed E-state index contributed by atoms with van der Waals surface area (Å²) in [6, 6.07) is 76.3. The molecule has 0 fully saturated rings. The normalized spacial score (nSPS) is 11.3. The highest BCUT2D eigenvalue weighted by Crippen LogP contribution is 2.39. The molecule has 31 heteroatoms. The molecule has 0 radical (unpaired) electrons. The molecule has 604 valence electrons. The summed E-state index contributed by atoms with van der Waals surface area (Å²) in [5, 5.41) is 44.0. The molecule has 0 amide bonds. The number of anilines is 5. The van der Waals surface area contributed by atoms with E-state index in [1.165, 1.54) is 61.1 Å². The molecule has 10 heterocycles. The number of nitrogens with zero attached hydrogens (tertiary/aromatic N) is 20. The maximum atomic E-state index is 14.4. The summed E-state index contributed by atoms with van der Waals surface area (Å²) < 4.78 is 89.0. The number of aromatic nitrogens is 20. The van der Waals surface area contributed by atoms with E-state index in [1.54, 1.807) is 87.3 Å². The molecular weight excluding hydrogens is 1580 g/mol. The smallest absolute Gasteiger partial charge is 0.240 e. The van der Waals surface area contributed by atoms with Gasteiger partial charge in [-0.3, -0.25) is 24.9 Å². The molecule has 0 atom stereocenters. The molecular formula is C93H67F4N25O2. The topological polar surface area (TPSA) is 406 Å². The minimum Gasteiger partial charge on any atom is -0.496 e. The largest absolute Gasteiger partial charge is 0.496 e. The molecule has 124 heavy (non-hydrogen) atoms. The number of pyridine rings is 5. The third-order valence-corrected chi connectivity index (χ3v) is 19.1. The summed E-state index contributed by atoms with van der Waals surface area (Å²) in [6.45, 7) is -2.29. The Bertz CT molecular complexity index is 7460. The van der Waals surface area contributed by atoms with Crippen molar-refractivity contribution < 1.29 is 31.1 Å². The fourth-order valence-electron chi connectivity index (χ4n) is 13.4. The van der Waals surface area contributed by atoms with E-state index >= 15 is 0 Å². The lowest BCUT2D eigenvalue weighted by atomic mass is 10.0. The number of ether oxygens (including phenoxy) is 2. The third-order valence-electron chi connectivity index (χ3n) is 19.1. The van der Waals surface area contributed by atoms with Gasteiger partial charge in [0.2, 0.25) is 29.7 Å². The molecule has 0 aliphatic heterocycles. The fraction of sp³-hybridized carbons (Fsp3) is 0.0323. The molecule has 0 unspecified atom stereocenters. The van der Waals surface area contributed by atoms with Crippen molar-refractivity contribution >= 4 is 84.3 Å². The number of methoxy groups -OCH3 is 2. The van der Waals surface area contributed by atoms with Crippen LogP contribution in [0.5, 0.6) is 11.5 Å². The monoisotopic (exact) mass is 1640 g/mol. The lowest BCUT2D eigenvalue weighted by Gasteiger charge is -2.11. The molecule has 0 saturated heterocycles. The average molecular weight is 1650 g/mol. The first-order valence-electron chi connectivity index (χ1n) is 39.2. The Kier molecular flexibility index (Phi) is 22.4. The SMILES string of the molecule is COc1cc(-c2nnc(N)nc2-c2ccccc2)cc2cccnc12.COc1ccnc2ccc(-c3nnc(N)nc3-c3ccccc3)cc12.Nc1nnc(-c2cc(F)c3ncccc3c2)c(-c2cccc(F)c2)n1.Nc1nnc(-c2ccc3ncc(F)cc3c2)c(-c2ccccc2)n1.[2H]C([2H])([2H])c1ccnc2ccc(-c3nnc(N)nc3-c3ccc(F)cc3)cc12. The Morgan fingerprint density at radius 3 is 1.17 bits per heavy atom. The van der Waals surface area contributed by atoms with Crippen molar-refractivity contribution in [1.29, 1.82) is 0 Å². The second-order valence-corrected chi connectivity index (χ2v) is 27.1. The number of nitrogen functional groups attached to an aromatic ring is 5. The highest BCUT2D eigenvalue weighted by molar-refractivity contribution is 5.95. The van der Waals surface area contributed by atoms with E-state index < -0.39 is 18.5 Å². The number of halogens is 4. The van der Waals surface area contributed by atoms with Crippen LogP contribution in [-0.2, 0) is 0 Å². The van der Waals surface area contributed by atoms with E-state index in [9.17, 15) is 17.6 Å². The number of benzene rings is 10. The Hall–Kier alpha value is -17.4. The number of rotatable bonds is 12. The lowest BCUT2D eigenvalue weighted by Crippen LogP contribution is -2.03. The van der Waals surface area contributed by atoms with Crippen molar-refractivity contribution in [3.63, 3.8) is 0 Å². The van der Waals surface area contributed by atoms with Gasteiger partial charge in [-0.05, 0) is 140 Å². The van der Waals surface area contributed by atoms with Crippen molar-refractivity contribution in [3.05, 3.63) is 321 Å². The number of fused-ring (bicyclic) bond motifs is 5. The zero-order chi connectivity index (χ0) is 88.2. The van der Waals surface area contributed by atoms with Crippen molar-refractivity contribution in [2.24, 2.45) is 0 Å². The molecule has 27 nitrogen and oxygen atoms in total. The van der Waals surface area contributed by atoms with Gasteiger partial charge in [0, 0.05) is 111 Å². The molecule has 10 aromatic heterocycles. The first kappa shape index (κ1) is 76.6. The van der Waals surface area contributed by atoms with E-state index in [4.69, 9.17) is 42.3 Å². The average Bonchev–Trinajstić information content (AvgIpc) is 0.766. The van der Waals surface area contributed by atoms with Gasteiger partial charge in [0.25, 0.3) is 0 Å². The molecule has 0 aliphatic carbocycles.